The van der Waals surface area contributed by atoms with Gasteiger partial charge in [-0.3, -0.25) is 0 Å². The fraction of sp³-hybridized carbons (Fsp3) is 0.611. The number of rotatable bonds is 3. The first-order chi connectivity index (χ1) is 10.0. The van der Waals surface area contributed by atoms with Crippen molar-refractivity contribution in [2.45, 2.75) is 64.8 Å². The van der Waals surface area contributed by atoms with E-state index in [-0.39, 0.29) is 5.38 Å². The minimum absolute atomic E-state index is 0.0519. The zero-order valence-electron chi connectivity index (χ0n) is 13.3. The van der Waals surface area contributed by atoms with Gasteiger partial charge in [0.25, 0.3) is 0 Å². The molecule has 0 N–H and O–H groups in total. The second-order valence-electron chi connectivity index (χ2n) is 6.99. The molecule has 1 fully saturated rings. The zero-order chi connectivity index (χ0) is 15.0. The number of aryl methyl sites for hydroxylation is 1. The number of imidazole rings is 1. The van der Waals surface area contributed by atoms with E-state index in [2.05, 4.69) is 36.6 Å². The molecule has 0 bridgehead atoms. The van der Waals surface area contributed by atoms with Crippen LogP contribution in [0.2, 0.25) is 0 Å². The third-order valence-corrected chi connectivity index (χ3v) is 5.16. The number of alkyl halides is 1. The van der Waals surface area contributed by atoms with Crippen LogP contribution in [0.4, 0.5) is 0 Å². The maximum absolute atomic E-state index is 6.41. The molecule has 0 radical (unpaired) electrons. The van der Waals surface area contributed by atoms with Gasteiger partial charge in [0.2, 0.25) is 0 Å². The lowest BCUT2D eigenvalue weighted by Crippen LogP contribution is -2.27. The van der Waals surface area contributed by atoms with Crippen LogP contribution >= 0.6 is 11.6 Å². The van der Waals surface area contributed by atoms with E-state index in [0.29, 0.717) is 5.41 Å². The van der Waals surface area contributed by atoms with Crippen LogP contribution in [0.15, 0.2) is 18.2 Å². The number of para-hydroxylation sites is 1. The van der Waals surface area contributed by atoms with Gasteiger partial charge >= 0.3 is 0 Å². The third-order valence-electron chi connectivity index (χ3n) is 4.97. The summed E-state index contributed by atoms with van der Waals surface area (Å²) in [4.78, 5) is 4.84. The summed E-state index contributed by atoms with van der Waals surface area (Å²) >= 11 is 6.41. The monoisotopic (exact) mass is 304 g/mol. The molecule has 3 heteroatoms. The number of hydrogen-bond acceptors (Lipinski definition) is 1. The number of halogens is 1. The Morgan fingerprint density at radius 2 is 2.00 bits per heavy atom. The Balaban J connectivity index is 2.07. The van der Waals surface area contributed by atoms with Gasteiger partial charge in [-0.1, -0.05) is 38.3 Å². The van der Waals surface area contributed by atoms with Gasteiger partial charge in [0.05, 0.1) is 16.4 Å². The Morgan fingerprint density at radius 1 is 1.29 bits per heavy atom. The second-order valence-corrected chi connectivity index (χ2v) is 7.64. The Labute approximate surface area is 132 Å². The minimum atomic E-state index is -0.0519. The molecule has 2 aromatic rings. The number of hydrogen-bond donors (Lipinski definition) is 0. The lowest BCUT2D eigenvalue weighted by molar-refractivity contribution is 0.183. The zero-order valence-corrected chi connectivity index (χ0v) is 14.1. The average Bonchev–Trinajstić information content (AvgIpc) is 2.80. The van der Waals surface area contributed by atoms with Crippen molar-refractivity contribution >= 4 is 22.6 Å². The van der Waals surface area contributed by atoms with Crippen molar-refractivity contribution in [3.05, 3.63) is 29.6 Å². The summed E-state index contributed by atoms with van der Waals surface area (Å²) in [6.07, 6.45) is 6.73. The molecule has 2 nitrogen and oxygen atoms in total. The highest BCUT2D eigenvalue weighted by Crippen LogP contribution is 2.39. The summed E-state index contributed by atoms with van der Waals surface area (Å²) in [5, 5.41) is -0.0519. The van der Waals surface area contributed by atoms with Crippen molar-refractivity contribution in [3.8, 4) is 0 Å². The molecule has 0 saturated heterocycles. The normalized spacial score (nSPS) is 19.8. The van der Waals surface area contributed by atoms with Crippen molar-refractivity contribution in [1.29, 1.82) is 0 Å². The van der Waals surface area contributed by atoms with Gasteiger partial charge in [0.1, 0.15) is 5.82 Å². The van der Waals surface area contributed by atoms with Gasteiger partial charge < -0.3 is 4.57 Å². The van der Waals surface area contributed by atoms with Crippen molar-refractivity contribution in [3.63, 3.8) is 0 Å². The van der Waals surface area contributed by atoms with E-state index < -0.39 is 0 Å². The molecule has 1 aliphatic rings. The molecule has 0 spiro atoms. The fourth-order valence-corrected chi connectivity index (χ4v) is 3.89. The molecule has 1 aromatic heterocycles. The first kappa shape index (κ1) is 14.9. The second kappa shape index (κ2) is 5.64. The summed E-state index contributed by atoms with van der Waals surface area (Å²) < 4.78 is 2.38. The van der Waals surface area contributed by atoms with Crippen LogP contribution in [0.3, 0.4) is 0 Å². The topological polar surface area (TPSA) is 17.8 Å². The number of aromatic nitrogens is 2. The SMILES string of the molecule is Cc1cccc2c1nc(C(C)Cl)n2CC1(C)CCCCC1. The van der Waals surface area contributed by atoms with Crippen LogP contribution in [0.25, 0.3) is 11.0 Å². The molecular formula is C18H25ClN2. The molecule has 3 rings (SSSR count). The number of fused-ring (bicyclic) bond motifs is 1. The fourth-order valence-electron chi connectivity index (χ4n) is 3.72. The van der Waals surface area contributed by atoms with Crippen LogP contribution < -0.4 is 0 Å². The highest BCUT2D eigenvalue weighted by molar-refractivity contribution is 6.20. The molecule has 1 unspecified atom stereocenters. The van der Waals surface area contributed by atoms with Gasteiger partial charge in [-0.2, -0.15) is 0 Å². The van der Waals surface area contributed by atoms with Crippen LogP contribution in [0.5, 0.6) is 0 Å². The molecule has 1 aromatic carbocycles. The van der Waals surface area contributed by atoms with Crippen LogP contribution in [-0.2, 0) is 6.54 Å². The van der Waals surface area contributed by atoms with Gasteiger partial charge in [-0.15, -0.1) is 11.6 Å². The molecule has 0 aliphatic heterocycles. The molecule has 21 heavy (non-hydrogen) atoms. The van der Waals surface area contributed by atoms with Crippen molar-refractivity contribution in [1.82, 2.24) is 9.55 Å². The van der Waals surface area contributed by atoms with Crippen molar-refractivity contribution in [2.75, 3.05) is 0 Å². The lowest BCUT2D eigenvalue weighted by Gasteiger charge is -2.34. The van der Waals surface area contributed by atoms with Gasteiger partial charge in [-0.25, -0.2) is 4.98 Å². The molecule has 1 saturated carbocycles. The Hall–Kier alpha value is -1.02. The van der Waals surface area contributed by atoms with E-state index >= 15 is 0 Å². The maximum atomic E-state index is 6.41. The highest BCUT2D eigenvalue weighted by atomic mass is 35.5. The van der Waals surface area contributed by atoms with Crippen LogP contribution in [-0.4, -0.2) is 9.55 Å². The molecule has 0 amide bonds. The summed E-state index contributed by atoms with van der Waals surface area (Å²) in [6.45, 7) is 7.62. The van der Waals surface area contributed by atoms with E-state index in [0.717, 1.165) is 17.9 Å². The average molecular weight is 305 g/mol. The van der Waals surface area contributed by atoms with Crippen molar-refractivity contribution in [2.24, 2.45) is 5.41 Å². The first-order valence-electron chi connectivity index (χ1n) is 8.10. The third kappa shape index (κ3) is 2.83. The molecule has 1 aliphatic carbocycles. The van der Waals surface area contributed by atoms with E-state index in [4.69, 9.17) is 16.6 Å². The lowest BCUT2D eigenvalue weighted by atomic mass is 9.75. The quantitative estimate of drug-likeness (QED) is 0.673. The molecule has 114 valence electrons. The van der Waals surface area contributed by atoms with E-state index in [1.54, 1.807) is 0 Å². The summed E-state index contributed by atoms with van der Waals surface area (Å²) in [5.74, 6) is 1.02. The maximum Gasteiger partial charge on any atom is 0.127 e. The predicted octanol–water partition coefficient (Wildman–Crippen LogP) is 5.61. The number of nitrogens with zero attached hydrogens (tertiary/aromatic N) is 2. The van der Waals surface area contributed by atoms with Gasteiger partial charge in [0, 0.05) is 6.54 Å². The Bertz CT molecular complexity index is 636. The Kier molecular flexibility index (Phi) is 4.00. The van der Waals surface area contributed by atoms with Crippen LogP contribution in [0, 0.1) is 12.3 Å². The largest absolute Gasteiger partial charge is 0.326 e. The summed E-state index contributed by atoms with van der Waals surface area (Å²) in [7, 11) is 0. The summed E-state index contributed by atoms with van der Waals surface area (Å²) in [5.41, 5.74) is 3.97. The molecule has 1 atom stereocenters. The van der Waals surface area contributed by atoms with Gasteiger partial charge in [0.15, 0.2) is 0 Å². The minimum Gasteiger partial charge on any atom is -0.326 e. The first-order valence-corrected chi connectivity index (χ1v) is 8.54. The van der Waals surface area contributed by atoms with Crippen molar-refractivity contribution < 1.29 is 0 Å². The molecule has 1 heterocycles. The highest BCUT2D eigenvalue weighted by Gasteiger charge is 2.29. The number of benzene rings is 1. The Morgan fingerprint density at radius 3 is 2.67 bits per heavy atom. The smallest absolute Gasteiger partial charge is 0.127 e. The van der Waals surface area contributed by atoms with E-state index in [1.807, 2.05) is 6.92 Å². The molecular weight excluding hydrogens is 280 g/mol. The van der Waals surface area contributed by atoms with E-state index in [9.17, 15) is 0 Å². The van der Waals surface area contributed by atoms with Crippen LogP contribution in [0.1, 0.15) is 62.7 Å². The van der Waals surface area contributed by atoms with Gasteiger partial charge in [-0.05, 0) is 43.7 Å². The predicted molar refractivity (Wildman–Crippen MR) is 89.9 cm³/mol. The standard InChI is InChI=1S/C18H25ClN2/c1-13-8-7-9-15-16(13)20-17(14(2)19)21(15)12-18(3)10-5-4-6-11-18/h7-9,14H,4-6,10-12H2,1-3H3. The summed E-state index contributed by atoms with van der Waals surface area (Å²) in [6, 6.07) is 6.44. The van der Waals surface area contributed by atoms with E-state index in [1.165, 1.54) is 43.2 Å².